The Bertz CT molecular complexity index is 740. The molecule has 0 spiro atoms. The highest BCUT2D eigenvalue weighted by molar-refractivity contribution is 7.13. The summed E-state index contributed by atoms with van der Waals surface area (Å²) in [6.07, 6.45) is 3.59. The maximum atomic E-state index is 4.28. The van der Waals surface area contributed by atoms with Crippen LogP contribution in [-0.2, 0) is 7.05 Å². The number of hydrogen-bond acceptors (Lipinski definition) is 5. The summed E-state index contributed by atoms with van der Waals surface area (Å²) in [6.45, 7) is 1.96. The lowest BCUT2D eigenvalue weighted by molar-refractivity contribution is 0.947. The molecule has 19 heavy (non-hydrogen) atoms. The predicted octanol–water partition coefficient (Wildman–Crippen LogP) is 2.78. The van der Waals surface area contributed by atoms with Crippen LogP contribution in [0.2, 0.25) is 0 Å². The summed E-state index contributed by atoms with van der Waals surface area (Å²) in [7, 11) is 1.98. The summed E-state index contributed by atoms with van der Waals surface area (Å²) in [5.41, 5.74) is 7.03. The number of hydrogen-bond donors (Lipinski definition) is 1. The number of hydrazone groups is 1. The summed E-state index contributed by atoms with van der Waals surface area (Å²) in [4.78, 5) is 8.56. The van der Waals surface area contributed by atoms with Crippen LogP contribution in [0.5, 0.6) is 0 Å². The minimum Gasteiger partial charge on any atom is -0.334 e. The van der Waals surface area contributed by atoms with Gasteiger partial charge < -0.3 is 4.57 Å². The van der Waals surface area contributed by atoms with E-state index in [-0.39, 0.29) is 0 Å². The Morgan fingerprint density at radius 3 is 3.11 bits per heavy atom. The third-order valence-electron chi connectivity index (χ3n) is 2.74. The van der Waals surface area contributed by atoms with Crippen LogP contribution < -0.4 is 5.43 Å². The zero-order valence-electron chi connectivity index (χ0n) is 10.7. The smallest absolute Gasteiger partial charge is 0.203 e. The van der Waals surface area contributed by atoms with Gasteiger partial charge in [0.1, 0.15) is 0 Å². The van der Waals surface area contributed by atoms with E-state index in [0.717, 1.165) is 27.4 Å². The Balaban J connectivity index is 1.78. The Kier molecular flexibility index (Phi) is 3.00. The topological polar surface area (TPSA) is 55.1 Å². The Hall–Kier alpha value is -2.21. The fourth-order valence-corrected chi connectivity index (χ4v) is 2.43. The van der Waals surface area contributed by atoms with Crippen LogP contribution >= 0.6 is 11.3 Å². The minimum atomic E-state index is 0.801. The molecular formula is C13H13N5S. The van der Waals surface area contributed by atoms with Crippen LogP contribution in [0.15, 0.2) is 35.0 Å². The number of benzene rings is 1. The van der Waals surface area contributed by atoms with Gasteiger partial charge in [-0.25, -0.2) is 9.97 Å². The lowest BCUT2D eigenvalue weighted by Crippen LogP contribution is -1.91. The molecule has 6 heteroatoms. The van der Waals surface area contributed by atoms with Crippen LogP contribution in [0.25, 0.3) is 11.0 Å². The van der Waals surface area contributed by atoms with Gasteiger partial charge in [-0.15, -0.1) is 11.3 Å². The first-order chi connectivity index (χ1) is 9.22. The maximum absolute atomic E-state index is 4.28. The first kappa shape index (κ1) is 11.9. The normalized spacial score (nSPS) is 11.5. The quantitative estimate of drug-likeness (QED) is 0.588. The van der Waals surface area contributed by atoms with Crippen molar-refractivity contribution in [1.82, 2.24) is 14.5 Å². The molecule has 0 aliphatic carbocycles. The van der Waals surface area contributed by atoms with Crippen LogP contribution in [-0.4, -0.2) is 20.7 Å². The van der Waals surface area contributed by atoms with Crippen LogP contribution in [0.1, 0.15) is 11.3 Å². The molecule has 1 aromatic carbocycles. The molecule has 1 N–H and O–H groups in total. The molecular weight excluding hydrogens is 258 g/mol. The number of aromatic nitrogens is 3. The van der Waals surface area contributed by atoms with Crippen molar-refractivity contribution in [1.29, 1.82) is 0 Å². The second kappa shape index (κ2) is 4.81. The standard InChI is InChI=1S/C13H13N5S/c1-9-7-19-13(16-9)17-15-6-10-3-4-11-12(5-10)18(2)8-14-11/h3-8H,1-2H3,(H,16,17). The molecule has 3 rings (SSSR count). The molecule has 2 aromatic heterocycles. The van der Waals surface area contributed by atoms with Crippen molar-refractivity contribution in [2.45, 2.75) is 6.92 Å². The van der Waals surface area contributed by atoms with Crippen molar-refractivity contribution in [3.05, 3.63) is 41.2 Å². The van der Waals surface area contributed by atoms with Gasteiger partial charge in [-0.3, -0.25) is 5.43 Å². The highest BCUT2D eigenvalue weighted by Gasteiger charge is 1.99. The molecule has 0 bridgehead atoms. The molecule has 0 aliphatic rings. The molecule has 3 aromatic rings. The van der Waals surface area contributed by atoms with Gasteiger partial charge in [0.05, 0.1) is 29.3 Å². The number of nitrogens with one attached hydrogen (secondary N) is 1. The first-order valence-electron chi connectivity index (χ1n) is 5.85. The molecule has 0 fully saturated rings. The summed E-state index contributed by atoms with van der Waals surface area (Å²) >= 11 is 1.54. The average molecular weight is 271 g/mol. The second-order valence-electron chi connectivity index (χ2n) is 4.27. The number of aryl methyl sites for hydroxylation is 2. The van der Waals surface area contributed by atoms with Crippen molar-refractivity contribution in [3.8, 4) is 0 Å². The van der Waals surface area contributed by atoms with Crippen molar-refractivity contribution < 1.29 is 0 Å². The molecule has 5 nitrogen and oxygen atoms in total. The van der Waals surface area contributed by atoms with Gasteiger partial charge >= 0.3 is 0 Å². The van der Waals surface area contributed by atoms with Gasteiger partial charge in [0, 0.05) is 12.4 Å². The molecule has 0 unspecified atom stereocenters. The number of thiazole rings is 1. The average Bonchev–Trinajstić information content (AvgIpc) is 2.97. The summed E-state index contributed by atoms with van der Waals surface area (Å²) in [5, 5.41) is 6.98. The zero-order valence-corrected chi connectivity index (χ0v) is 11.5. The van der Waals surface area contributed by atoms with E-state index in [9.17, 15) is 0 Å². The fourth-order valence-electron chi connectivity index (χ4n) is 1.79. The van der Waals surface area contributed by atoms with Crippen molar-refractivity contribution in [2.75, 3.05) is 5.43 Å². The van der Waals surface area contributed by atoms with E-state index in [1.807, 2.05) is 42.4 Å². The number of fused-ring (bicyclic) bond motifs is 1. The highest BCUT2D eigenvalue weighted by atomic mass is 32.1. The third kappa shape index (κ3) is 2.48. The minimum absolute atomic E-state index is 0.801. The van der Waals surface area contributed by atoms with Crippen molar-refractivity contribution in [3.63, 3.8) is 0 Å². The molecule has 0 aliphatic heterocycles. The van der Waals surface area contributed by atoms with Crippen LogP contribution in [0.4, 0.5) is 5.13 Å². The van der Waals surface area contributed by atoms with E-state index in [1.165, 1.54) is 0 Å². The maximum Gasteiger partial charge on any atom is 0.203 e. The highest BCUT2D eigenvalue weighted by Crippen LogP contribution is 2.15. The molecule has 2 heterocycles. The Morgan fingerprint density at radius 2 is 2.32 bits per heavy atom. The number of imidazole rings is 1. The van der Waals surface area contributed by atoms with E-state index < -0.39 is 0 Å². The van der Waals surface area contributed by atoms with Crippen LogP contribution in [0.3, 0.4) is 0 Å². The fraction of sp³-hybridized carbons (Fsp3) is 0.154. The van der Waals surface area contributed by atoms with Crippen molar-refractivity contribution >= 4 is 33.7 Å². The largest absolute Gasteiger partial charge is 0.334 e. The molecule has 0 saturated heterocycles. The third-order valence-corrected chi connectivity index (χ3v) is 3.61. The van der Waals surface area contributed by atoms with Gasteiger partial charge in [0.25, 0.3) is 0 Å². The lowest BCUT2D eigenvalue weighted by Gasteiger charge is -1.97. The van der Waals surface area contributed by atoms with Gasteiger partial charge in [-0.05, 0) is 24.6 Å². The number of nitrogens with zero attached hydrogens (tertiary/aromatic N) is 4. The van der Waals surface area contributed by atoms with E-state index in [2.05, 4.69) is 26.6 Å². The molecule has 0 saturated carbocycles. The molecule has 0 amide bonds. The van der Waals surface area contributed by atoms with Gasteiger partial charge in [-0.2, -0.15) is 5.10 Å². The summed E-state index contributed by atoms with van der Waals surface area (Å²) < 4.78 is 1.99. The molecule has 0 radical (unpaired) electrons. The number of rotatable bonds is 3. The van der Waals surface area contributed by atoms with Crippen LogP contribution in [0, 0.1) is 6.92 Å². The lowest BCUT2D eigenvalue weighted by atomic mass is 10.2. The summed E-state index contributed by atoms with van der Waals surface area (Å²) in [6, 6.07) is 6.04. The second-order valence-corrected chi connectivity index (χ2v) is 5.13. The number of anilines is 1. The van der Waals surface area contributed by atoms with E-state index in [0.29, 0.717) is 0 Å². The Morgan fingerprint density at radius 1 is 1.42 bits per heavy atom. The van der Waals surface area contributed by atoms with E-state index >= 15 is 0 Å². The van der Waals surface area contributed by atoms with Gasteiger partial charge in [-0.1, -0.05) is 6.07 Å². The van der Waals surface area contributed by atoms with E-state index in [1.54, 1.807) is 17.6 Å². The molecule has 0 atom stereocenters. The van der Waals surface area contributed by atoms with Gasteiger partial charge in [0.2, 0.25) is 5.13 Å². The summed E-state index contributed by atoms with van der Waals surface area (Å²) in [5.74, 6) is 0. The Labute approximate surface area is 114 Å². The zero-order chi connectivity index (χ0) is 13.2. The van der Waals surface area contributed by atoms with Crippen molar-refractivity contribution in [2.24, 2.45) is 12.1 Å². The first-order valence-corrected chi connectivity index (χ1v) is 6.72. The monoisotopic (exact) mass is 271 g/mol. The van der Waals surface area contributed by atoms with E-state index in [4.69, 9.17) is 0 Å². The van der Waals surface area contributed by atoms with Gasteiger partial charge in [0.15, 0.2) is 0 Å². The molecule has 96 valence electrons. The SMILES string of the molecule is Cc1csc(NN=Cc2ccc3ncn(C)c3c2)n1. The predicted molar refractivity (Wildman–Crippen MR) is 78.8 cm³/mol.